The van der Waals surface area contributed by atoms with Gasteiger partial charge in [-0.1, -0.05) is 13.3 Å². The molecule has 0 heterocycles. The highest BCUT2D eigenvalue weighted by Crippen LogP contribution is 2.33. The van der Waals surface area contributed by atoms with Crippen LogP contribution in [0.5, 0.6) is 0 Å². The molecule has 0 aromatic heterocycles. The van der Waals surface area contributed by atoms with Crippen molar-refractivity contribution >= 4 is 11.7 Å². The molecular formula is C7H8O2. The molecule has 0 N–H and O–H groups in total. The van der Waals surface area contributed by atoms with Crippen LogP contribution in [-0.4, -0.2) is 11.7 Å². The zero-order valence-electron chi connectivity index (χ0n) is 5.31. The Kier molecular flexibility index (Phi) is 1.50. The fourth-order valence-corrected chi connectivity index (χ4v) is 0.932. The Bertz CT molecular complexity index is 187. The van der Waals surface area contributed by atoms with Crippen LogP contribution in [0.2, 0.25) is 0 Å². The summed E-state index contributed by atoms with van der Waals surface area (Å²) in [6.07, 6.45) is 1.78. The highest BCUT2D eigenvalue weighted by molar-refractivity contribution is 6.22. The Balaban J connectivity index is 2.52. The summed E-state index contributed by atoms with van der Waals surface area (Å²) in [6, 6.07) is 0. The lowest BCUT2D eigenvalue weighted by Gasteiger charge is -1.80. The summed E-state index contributed by atoms with van der Waals surface area (Å²) in [5, 5.41) is 0. The van der Waals surface area contributed by atoms with Gasteiger partial charge in [0, 0.05) is 0 Å². The van der Waals surface area contributed by atoms with E-state index in [4.69, 9.17) is 0 Å². The first-order valence-corrected chi connectivity index (χ1v) is 3.10. The van der Waals surface area contributed by atoms with E-state index in [2.05, 4.69) is 0 Å². The number of hydrogen-bond donors (Lipinski definition) is 0. The number of ketones is 1. The van der Waals surface area contributed by atoms with Crippen molar-refractivity contribution in [1.29, 1.82) is 0 Å². The molecule has 48 valence electrons. The maximum absolute atomic E-state index is 10.5. The molecule has 9 heavy (non-hydrogen) atoms. The van der Waals surface area contributed by atoms with E-state index in [-0.39, 0.29) is 11.7 Å². The minimum absolute atomic E-state index is 0.00634. The second kappa shape index (κ2) is 2.16. The van der Waals surface area contributed by atoms with Crippen molar-refractivity contribution in [1.82, 2.24) is 0 Å². The van der Waals surface area contributed by atoms with Crippen LogP contribution in [0.25, 0.3) is 0 Å². The largest absolute Gasteiger partial charge is 0.293 e. The Morgan fingerprint density at radius 1 is 1.67 bits per heavy atom. The van der Waals surface area contributed by atoms with E-state index in [1.54, 1.807) is 5.94 Å². The second-order valence-corrected chi connectivity index (χ2v) is 2.22. The number of rotatable bonds is 2. The van der Waals surface area contributed by atoms with E-state index < -0.39 is 0 Å². The molecule has 0 aromatic carbocycles. The lowest BCUT2D eigenvalue weighted by atomic mass is 10.2. The van der Waals surface area contributed by atoms with Gasteiger partial charge >= 0.3 is 0 Å². The van der Waals surface area contributed by atoms with Gasteiger partial charge in [0.25, 0.3) is 0 Å². The summed E-state index contributed by atoms with van der Waals surface area (Å²) in [5.74, 6) is 1.60. The maximum Gasteiger partial charge on any atom is 0.178 e. The van der Waals surface area contributed by atoms with Crippen molar-refractivity contribution in [3.8, 4) is 0 Å². The zero-order chi connectivity index (χ0) is 6.85. The molecule has 1 aliphatic rings. The fourth-order valence-electron chi connectivity index (χ4n) is 0.932. The van der Waals surface area contributed by atoms with Gasteiger partial charge in [0.2, 0.25) is 0 Å². The van der Waals surface area contributed by atoms with Gasteiger partial charge in [-0.15, -0.1) is 0 Å². The Hall–Kier alpha value is -0.880. The summed E-state index contributed by atoms with van der Waals surface area (Å²) in [6.45, 7) is 1.99. The molecule has 0 aromatic rings. The van der Waals surface area contributed by atoms with E-state index in [1.807, 2.05) is 6.92 Å². The van der Waals surface area contributed by atoms with Crippen LogP contribution in [0.3, 0.4) is 0 Å². The van der Waals surface area contributed by atoms with Gasteiger partial charge in [0.1, 0.15) is 5.94 Å². The standard InChI is InChI=1S/C7H8O2/c1-2-3-5-6(4-8)7(5)9/h5H,2-3H2,1H3. The van der Waals surface area contributed by atoms with Crippen molar-refractivity contribution in [2.24, 2.45) is 5.92 Å². The highest BCUT2D eigenvalue weighted by Gasteiger charge is 2.43. The molecule has 1 unspecified atom stereocenters. The minimum Gasteiger partial charge on any atom is -0.293 e. The van der Waals surface area contributed by atoms with Gasteiger partial charge in [-0.3, -0.25) is 4.79 Å². The maximum atomic E-state index is 10.5. The Morgan fingerprint density at radius 3 is 2.67 bits per heavy atom. The molecule has 1 saturated carbocycles. The third kappa shape index (κ3) is 0.936. The number of hydrogen-bond acceptors (Lipinski definition) is 2. The van der Waals surface area contributed by atoms with E-state index in [9.17, 15) is 9.59 Å². The quantitative estimate of drug-likeness (QED) is 0.402. The van der Waals surface area contributed by atoms with E-state index in [0.29, 0.717) is 5.57 Å². The molecule has 1 atom stereocenters. The predicted octanol–water partition coefficient (Wildman–Crippen LogP) is 0.743. The fraction of sp³-hybridized carbons (Fsp3) is 0.571. The Morgan fingerprint density at radius 2 is 2.33 bits per heavy atom. The van der Waals surface area contributed by atoms with Gasteiger partial charge < -0.3 is 0 Å². The highest BCUT2D eigenvalue weighted by atomic mass is 16.1. The molecule has 0 amide bonds. The van der Waals surface area contributed by atoms with E-state index in [1.165, 1.54) is 0 Å². The van der Waals surface area contributed by atoms with Crippen molar-refractivity contribution in [2.45, 2.75) is 19.8 Å². The number of carbonyl (C=O) groups is 1. The van der Waals surface area contributed by atoms with Crippen molar-refractivity contribution in [3.05, 3.63) is 5.57 Å². The topological polar surface area (TPSA) is 34.1 Å². The molecule has 1 rings (SSSR count). The van der Waals surface area contributed by atoms with E-state index in [0.717, 1.165) is 12.8 Å². The predicted molar refractivity (Wildman–Crippen MR) is 32.6 cm³/mol. The number of allylic oxidation sites excluding steroid dienone is 1. The third-order valence-corrected chi connectivity index (χ3v) is 1.53. The summed E-state index contributed by atoms with van der Waals surface area (Å²) in [4.78, 5) is 20.4. The SMILES string of the molecule is CCCC1C(=O)C1=C=O. The summed E-state index contributed by atoms with van der Waals surface area (Å²) in [7, 11) is 0. The molecule has 2 heteroatoms. The van der Waals surface area contributed by atoms with Crippen LogP contribution in [0.1, 0.15) is 19.8 Å². The zero-order valence-corrected chi connectivity index (χ0v) is 5.31. The normalized spacial score (nSPS) is 23.9. The van der Waals surface area contributed by atoms with Crippen molar-refractivity contribution < 1.29 is 9.59 Å². The molecule has 0 aliphatic heterocycles. The molecule has 1 fully saturated rings. The monoisotopic (exact) mass is 124 g/mol. The van der Waals surface area contributed by atoms with Crippen LogP contribution in [0.15, 0.2) is 5.57 Å². The first-order chi connectivity index (χ1) is 4.31. The van der Waals surface area contributed by atoms with E-state index >= 15 is 0 Å². The van der Waals surface area contributed by atoms with Crippen LogP contribution < -0.4 is 0 Å². The van der Waals surface area contributed by atoms with Crippen molar-refractivity contribution in [2.75, 3.05) is 0 Å². The first-order valence-electron chi connectivity index (χ1n) is 3.10. The molecule has 2 nitrogen and oxygen atoms in total. The smallest absolute Gasteiger partial charge is 0.178 e. The number of carbonyl (C=O) groups excluding carboxylic acids is 2. The van der Waals surface area contributed by atoms with Crippen LogP contribution >= 0.6 is 0 Å². The minimum atomic E-state index is -0.0486. The average Bonchev–Trinajstić information content (AvgIpc) is 2.44. The molecule has 0 bridgehead atoms. The van der Waals surface area contributed by atoms with Gasteiger partial charge in [-0.25, -0.2) is 4.79 Å². The van der Waals surface area contributed by atoms with Gasteiger partial charge in [0.05, 0.1) is 11.5 Å². The summed E-state index contributed by atoms with van der Waals surface area (Å²) < 4.78 is 0. The molecular weight excluding hydrogens is 116 g/mol. The van der Waals surface area contributed by atoms with Crippen LogP contribution in [0, 0.1) is 5.92 Å². The summed E-state index contributed by atoms with van der Waals surface area (Å²) >= 11 is 0. The molecule has 1 aliphatic carbocycles. The average molecular weight is 124 g/mol. The molecule has 0 saturated heterocycles. The Labute approximate surface area is 53.6 Å². The first kappa shape index (κ1) is 6.24. The van der Waals surface area contributed by atoms with Gasteiger partial charge in [0.15, 0.2) is 5.78 Å². The molecule has 0 spiro atoms. The van der Waals surface area contributed by atoms with Crippen LogP contribution in [0.4, 0.5) is 0 Å². The van der Waals surface area contributed by atoms with Crippen LogP contribution in [-0.2, 0) is 9.59 Å². The lowest BCUT2D eigenvalue weighted by molar-refractivity contribution is -0.110. The number of Topliss-reactive ketones (excluding diaryl/α,β-unsaturated/α-hetero) is 1. The lowest BCUT2D eigenvalue weighted by Crippen LogP contribution is -1.75. The summed E-state index contributed by atoms with van der Waals surface area (Å²) in [5.41, 5.74) is 0.372. The van der Waals surface area contributed by atoms with Crippen molar-refractivity contribution in [3.63, 3.8) is 0 Å². The third-order valence-electron chi connectivity index (χ3n) is 1.53. The van der Waals surface area contributed by atoms with Gasteiger partial charge in [-0.05, 0) is 6.42 Å². The second-order valence-electron chi connectivity index (χ2n) is 2.22. The van der Waals surface area contributed by atoms with Gasteiger partial charge in [-0.2, -0.15) is 0 Å². The molecule has 0 radical (unpaired) electrons.